The lowest BCUT2D eigenvalue weighted by atomic mass is 10.2. The fraction of sp³-hybridized carbons (Fsp3) is 0.385. The Morgan fingerprint density at radius 3 is 2.74 bits per heavy atom. The molecule has 0 aliphatic carbocycles. The minimum absolute atomic E-state index is 0.144. The second-order valence-corrected chi connectivity index (χ2v) is 3.88. The maximum absolute atomic E-state index is 11.4. The lowest BCUT2D eigenvalue weighted by Crippen LogP contribution is -2.29. The maximum Gasteiger partial charge on any atom is 0.337 e. The number of nitrogens with one attached hydrogen (secondary N) is 1. The normalized spacial score (nSPS) is 9.79. The highest BCUT2D eigenvalue weighted by Crippen LogP contribution is 2.23. The van der Waals surface area contributed by atoms with E-state index >= 15 is 0 Å². The van der Waals surface area contributed by atoms with Crippen molar-refractivity contribution in [3.8, 4) is 5.75 Å². The maximum atomic E-state index is 11.4. The summed E-state index contributed by atoms with van der Waals surface area (Å²) in [5.74, 6) is -0.431. The average molecular weight is 266 g/mol. The highest BCUT2D eigenvalue weighted by Gasteiger charge is 2.10. The number of hydrogen-bond donors (Lipinski definition) is 2. The van der Waals surface area contributed by atoms with Crippen molar-refractivity contribution in [2.24, 2.45) is 0 Å². The lowest BCUT2D eigenvalue weighted by molar-refractivity contribution is -0.123. The molecule has 1 amide bonds. The van der Waals surface area contributed by atoms with Crippen LogP contribution in [0.4, 0.5) is 5.69 Å². The van der Waals surface area contributed by atoms with Gasteiger partial charge in [-0.2, -0.15) is 0 Å². The molecule has 3 N–H and O–H groups in total. The van der Waals surface area contributed by atoms with Gasteiger partial charge >= 0.3 is 5.97 Å². The van der Waals surface area contributed by atoms with Gasteiger partial charge in [0.15, 0.2) is 6.61 Å². The zero-order chi connectivity index (χ0) is 14.3. The molecule has 0 saturated carbocycles. The van der Waals surface area contributed by atoms with Crippen LogP contribution in [-0.4, -0.2) is 32.1 Å². The smallest absolute Gasteiger partial charge is 0.337 e. The van der Waals surface area contributed by atoms with Gasteiger partial charge in [-0.25, -0.2) is 4.79 Å². The number of carbonyl (C=O) groups excluding carboxylic acids is 2. The van der Waals surface area contributed by atoms with E-state index in [1.54, 1.807) is 0 Å². The van der Waals surface area contributed by atoms with Crippen LogP contribution >= 0.6 is 0 Å². The van der Waals surface area contributed by atoms with Gasteiger partial charge in [0.2, 0.25) is 0 Å². The first kappa shape index (κ1) is 14.8. The second-order valence-electron chi connectivity index (χ2n) is 3.88. The van der Waals surface area contributed by atoms with Crippen LogP contribution in [-0.2, 0) is 9.53 Å². The monoisotopic (exact) mass is 266 g/mol. The van der Waals surface area contributed by atoms with Gasteiger partial charge in [-0.3, -0.25) is 4.79 Å². The quantitative estimate of drug-likeness (QED) is 0.591. The SMILES string of the molecule is CCCNC(=O)COc1cc(C(=O)OC)ccc1N. The molecule has 0 fully saturated rings. The molecule has 0 heterocycles. The molecule has 6 heteroatoms. The van der Waals surface area contributed by atoms with Crippen LogP contribution in [0.25, 0.3) is 0 Å². The molecule has 0 aromatic heterocycles. The Bertz CT molecular complexity index is 460. The minimum atomic E-state index is -0.486. The third-order valence-electron chi connectivity index (χ3n) is 2.37. The van der Waals surface area contributed by atoms with Crippen molar-refractivity contribution in [3.05, 3.63) is 23.8 Å². The zero-order valence-corrected chi connectivity index (χ0v) is 11.1. The Labute approximate surface area is 111 Å². The predicted octanol–water partition coefficient (Wildman–Crippen LogP) is 0.960. The van der Waals surface area contributed by atoms with Crippen molar-refractivity contribution in [2.75, 3.05) is 26.0 Å². The molecule has 1 rings (SSSR count). The summed E-state index contributed by atoms with van der Waals surface area (Å²) in [6, 6.07) is 4.52. The first-order chi connectivity index (χ1) is 9.08. The van der Waals surface area contributed by atoms with Gasteiger partial charge in [-0.1, -0.05) is 6.92 Å². The van der Waals surface area contributed by atoms with Crippen LogP contribution in [0.1, 0.15) is 23.7 Å². The summed E-state index contributed by atoms with van der Waals surface area (Å²) in [5.41, 5.74) is 6.39. The second kappa shape index (κ2) is 7.25. The van der Waals surface area contributed by atoms with E-state index < -0.39 is 5.97 Å². The van der Waals surface area contributed by atoms with Crippen LogP contribution in [0, 0.1) is 0 Å². The largest absolute Gasteiger partial charge is 0.482 e. The molecule has 0 unspecified atom stereocenters. The number of benzene rings is 1. The van der Waals surface area contributed by atoms with Crippen molar-refractivity contribution < 1.29 is 19.1 Å². The fourth-order valence-corrected chi connectivity index (χ4v) is 1.36. The number of ether oxygens (including phenoxy) is 2. The highest BCUT2D eigenvalue weighted by atomic mass is 16.5. The molecule has 104 valence electrons. The van der Waals surface area contributed by atoms with Gasteiger partial charge in [0.05, 0.1) is 18.4 Å². The first-order valence-electron chi connectivity index (χ1n) is 5.95. The Morgan fingerprint density at radius 2 is 2.11 bits per heavy atom. The van der Waals surface area contributed by atoms with Gasteiger partial charge in [0.1, 0.15) is 5.75 Å². The van der Waals surface area contributed by atoms with E-state index in [2.05, 4.69) is 10.1 Å². The summed E-state index contributed by atoms with van der Waals surface area (Å²) < 4.78 is 9.88. The third-order valence-corrected chi connectivity index (χ3v) is 2.37. The summed E-state index contributed by atoms with van der Waals surface area (Å²) in [6.07, 6.45) is 0.853. The number of esters is 1. The molecular formula is C13H18N2O4. The topological polar surface area (TPSA) is 90.6 Å². The summed E-state index contributed by atoms with van der Waals surface area (Å²) in [7, 11) is 1.29. The molecule has 0 radical (unpaired) electrons. The van der Waals surface area contributed by atoms with E-state index in [0.717, 1.165) is 6.42 Å². The van der Waals surface area contributed by atoms with E-state index in [1.165, 1.54) is 25.3 Å². The molecular weight excluding hydrogens is 248 g/mol. The Morgan fingerprint density at radius 1 is 1.37 bits per heavy atom. The minimum Gasteiger partial charge on any atom is -0.482 e. The van der Waals surface area contributed by atoms with Gasteiger partial charge < -0.3 is 20.5 Å². The van der Waals surface area contributed by atoms with Crippen molar-refractivity contribution in [2.45, 2.75) is 13.3 Å². The molecule has 6 nitrogen and oxygen atoms in total. The number of nitrogens with two attached hydrogens (primary N) is 1. The average Bonchev–Trinajstić information content (AvgIpc) is 2.43. The summed E-state index contributed by atoms with van der Waals surface area (Å²) in [6.45, 7) is 2.41. The Hall–Kier alpha value is -2.24. The molecule has 1 aromatic carbocycles. The van der Waals surface area contributed by atoms with Gasteiger partial charge in [-0.05, 0) is 24.6 Å². The Balaban J connectivity index is 2.67. The van der Waals surface area contributed by atoms with Crippen LogP contribution in [0.2, 0.25) is 0 Å². The number of anilines is 1. The van der Waals surface area contributed by atoms with E-state index in [1.807, 2.05) is 6.92 Å². The van der Waals surface area contributed by atoms with Crippen molar-refractivity contribution in [3.63, 3.8) is 0 Å². The summed E-state index contributed by atoms with van der Waals surface area (Å²) in [4.78, 5) is 22.8. The van der Waals surface area contributed by atoms with Crippen molar-refractivity contribution in [1.29, 1.82) is 0 Å². The molecule has 0 spiro atoms. The van der Waals surface area contributed by atoms with E-state index in [4.69, 9.17) is 10.5 Å². The van der Waals surface area contributed by atoms with Crippen LogP contribution in [0.15, 0.2) is 18.2 Å². The standard InChI is InChI=1S/C13H18N2O4/c1-3-6-15-12(16)8-19-11-7-9(13(17)18-2)4-5-10(11)14/h4-5,7H,3,6,8,14H2,1-2H3,(H,15,16). The summed E-state index contributed by atoms with van der Waals surface area (Å²) in [5, 5.41) is 2.67. The van der Waals surface area contributed by atoms with Gasteiger partial charge in [0.25, 0.3) is 5.91 Å². The first-order valence-corrected chi connectivity index (χ1v) is 5.95. The fourth-order valence-electron chi connectivity index (χ4n) is 1.36. The van der Waals surface area contributed by atoms with Crippen LogP contribution < -0.4 is 15.8 Å². The number of hydrogen-bond acceptors (Lipinski definition) is 5. The van der Waals surface area contributed by atoms with Crippen LogP contribution in [0.3, 0.4) is 0 Å². The van der Waals surface area contributed by atoms with Crippen LogP contribution in [0.5, 0.6) is 5.75 Å². The Kier molecular flexibility index (Phi) is 5.66. The molecule has 0 atom stereocenters. The molecule has 0 aliphatic rings. The molecule has 0 saturated heterocycles. The lowest BCUT2D eigenvalue weighted by Gasteiger charge is -2.10. The van der Waals surface area contributed by atoms with E-state index in [0.29, 0.717) is 17.8 Å². The molecule has 0 bridgehead atoms. The number of amides is 1. The third kappa shape index (κ3) is 4.50. The van der Waals surface area contributed by atoms with Gasteiger partial charge in [0, 0.05) is 6.54 Å². The van der Waals surface area contributed by atoms with E-state index in [-0.39, 0.29) is 18.3 Å². The number of carbonyl (C=O) groups is 2. The zero-order valence-electron chi connectivity index (χ0n) is 11.1. The number of rotatable bonds is 6. The molecule has 0 aliphatic heterocycles. The predicted molar refractivity (Wildman–Crippen MR) is 71.0 cm³/mol. The van der Waals surface area contributed by atoms with Gasteiger partial charge in [-0.15, -0.1) is 0 Å². The van der Waals surface area contributed by atoms with E-state index in [9.17, 15) is 9.59 Å². The summed E-state index contributed by atoms with van der Waals surface area (Å²) >= 11 is 0. The number of methoxy groups -OCH3 is 1. The van der Waals surface area contributed by atoms with Crippen molar-refractivity contribution >= 4 is 17.6 Å². The van der Waals surface area contributed by atoms with Crippen molar-refractivity contribution in [1.82, 2.24) is 5.32 Å². The number of nitrogen functional groups attached to an aromatic ring is 1. The molecule has 1 aromatic rings. The molecule has 19 heavy (non-hydrogen) atoms. The highest BCUT2D eigenvalue weighted by molar-refractivity contribution is 5.90.